The molecule has 1 N–H and O–H groups in total. The van der Waals surface area contributed by atoms with Gasteiger partial charge in [-0.3, -0.25) is 0 Å². The van der Waals surface area contributed by atoms with E-state index in [0.717, 1.165) is 13.1 Å². The van der Waals surface area contributed by atoms with Gasteiger partial charge in [-0.1, -0.05) is 48.0 Å². The molecule has 0 aromatic heterocycles. The Bertz CT molecular complexity index is 87.1. The lowest BCUT2D eigenvalue weighted by Crippen LogP contribution is -2.29. The molecule has 0 heterocycles. The predicted molar refractivity (Wildman–Crippen MR) is 63.2 cm³/mol. The molecule has 0 aliphatic carbocycles. The third-order valence-electron chi connectivity index (χ3n) is 1.96. The molecule has 0 aromatic carbocycles. The molecule has 1 nitrogen and oxygen atoms in total. The monoisotopic (exact) mass is 187 g/mol. The van der Waals surface area contributed by atoms with Crippen molar-refractivity contribution in [2.45, 2.75) is 60.8 Å². The van der Waals surface area contributed by atoms with E-state index in [-0.39, 0.29) is 0 Å². The smallest absolute Gasteiger partial charge is 0.000251 e. The average Bonchev–Trinajstić information content (AvgIpc) is 2.08. The summed E-state index contributed by atoms with van der Waals surface area (Å²) in [4.78, 5) is 0. The molecule has 0 spiro atoms. The summed E-state index contributed by atoms with van der Waals surface area (Å²) in [5.41, 5.74) is 0.490. The normalized spacial score (nSPS) is 10.6. The summed E-state index contributed by atoms with van der Waals surface area (Å²) in [5, 5.41) is 3.46. The maximum Gasteiger partial charge on any atom is 0.000251 e. The van der Waals surface area contributed by atoms with Gasteiger partial charge in [0, 0.05) is 6.54 Å². The minimum atomic E-state index is 0.490. The van der Waals surface area contributed by atoms with Crippen molar-refractivity contribution < 1.29 is 0 Å². The summed E-state index contributed by atoms with van der Waals surface area (Å²) < 4.78 is 0. The Kier molecular flexibility index (Phi) is 11.9. The maximum atomic E-state index is 3.46. The predicted octanol–water partition coefficient (Wildman–Crippen LogP) is 3.84. The second-order valence-electron chi connectivity index (χ2n) is 4.09. The molecule has 82 valence electrons. The van der Waals surface area contributed by atoms with Crippen LogP contribution in [0.2, 0.25) is 0 Å². The number of nitrogens with one attached hydrogen (secondary N) is 1. The van der Waals surface area contributed by atoms with E-state index in [0.29, 0.717) is 5.41 Å². The van der Waals surface area contributed by atoms with Crippen LogP contribution >= 0.6 is 0 Å². The van der Waals surface area contributed by atoms with Gasteiger partial charge in [0.05, 0.1) is 0 Å². The number of rotatable bonds is 6. The molecule has 0 aliphatic heterocycles. The van der Waals surface area contributed by atoms with Crippen molar-refractivity contribution in [3.63, 3.8) is 0 Å². The molecule has 0 bridgehead atoms. The summed E-state index contributed by atoms with van der Waals surface area (Å²) in [6.07, 6.45) is 3.85. The number of hydrogen-bond donors (Lipinski definition) is 1. The van der Waals surface area contributed by atoms with Gasteiger partial charge in [-0.05, 0) is 24.8 Å². The molecule has 0 aliphatic rings. The summed E-state index contributed by atoms with van der Waals surface area (Å²) in [6, 6.07) is 0. The third-order valence-corrected chi connectivity index (χ3v) is 1.96. The molecular formula is C12H29N. The molecule has 0 aromatic rings. The van der Waals surface area contributed by atoms with Crippen molar-refractivity contribution in [3.05, 3.63) is 0 Å². The van der Waals surface area contributed by atoms with E-state index in [2.05, 4.69) is 33.0 Å². The Hall–Kier alpha value is -0.0400. The quantitative estimate of drug-likeness (QED) is 0.623. The minimum absolute atomic E-state index is 0.490. The van der Waals surface area contributed by atoms with Crippen LogP contribution in [0.1, 0.15) is 60.8 Å². The highest BCUT2D eigenvalue weighted by molar-refractivity contribution is 4.70. The molecule has 0 amide bonds. The van der Waals surface area contributed by atoms with Gasteiger partial charge < -0.3 is 5.32 Å². The van der Waals surface area contributed by atoms with Gasteiger partial charge in [0.2, 0.25) is 0 Å². The molecule has 0 saturated heterocycles. The van der Waals surface area contributed by atoms with Crippen molar-refractivity contribution in [2.24, 2.45) is 5.41 Å². The van der Waals surface area contributed by atoms with Crippen molar-refractivity contribution in [1.82, 2.24) is 5.32 Å². The van der Waals surface area contributed by atoms with Crippen molar-refractivity contribution in [1.29, 1.82) is 0 Å². The first-order chi connectivity index (χ1) is 6.12. The fourth-order valence-corrected chi connectivity index (χ4v) is 1.37. The first-order valence-electron chi connectivity index (χ1n) is 5.83. The number of hydrogen-bond acceptors (Lipinski definition) is 1. The molecule has 0 radical (unpaired) electrons. The Balaban J connectivity index is 0. The fourth-order valence-electron chi connectivity index (χ4n) is 1.37. The zero-order valence-electron chi connectivity index (χ0n) is 10.5. The Morgan fingerprint density at radius 3 is 1.92 bits per heavy atom. The van der Waals surface area contributed by atoms with Gasteiger partial charge in [-0.25, -0.2) is 0 Å². The van der Waals surface area contributed by atoms with Gasteiger partial charge in [0.25, 0.3) is 0 Å². The SMILES string of the molecule is CC.CCCNCC(C)(C)CCC. The Morgan fingerprint density at radius 2 is 1.54 bits per heavy atom. The third kappa shape index (κ3) is 12.0. The summed E-state index contributed by atoms with van der Waals surface area (Å²) >= 11 is 0. The average molecular weight is 187 g/mol. The topological polar surface area (TPSA) is 12.0 Å². The van der Waals surface area contributed by atoms with Crippen LogP contribution in [0.15, 0.2) is 0 Å². The standard InChI is InChI=1S/C10H23N.C2H6/c1-5-7-10(3,4)9-11-8-6-2;1-2/h11H,5-9H2,1-4H3;1-2H3. The Morgan fingerprint density at radius 1 is 1.00 bits per heavy atom. The highest BCUT2D eigenvalue weighted by Gasteiger charge is 2.14. The highest BCUT2D eigenvalue weighted by atomic mass is 14.9. The Labute approximate surface area is 85.3 Å². The largest absolute Gasteiger partial charge is 0.316 e. The fraction of sp³-hybridized carbons (Fsp3) is 1.00. The van der Waals surface area contributed by atoms with E-state index < -0.39 is 0 Å². The molecular weight excluding hydrogens is 158 g/mol. The van der Waals surface area contributed by atoms with E-state index >= 15 is 0 Å². The van der Waals surface area contributed by atoms with E-state index in [1.165, 1.54) is 19.3 Å². The van der Waals surface area contributed by atoms with Gasteiger partial charge in [-0.2, -0.15) is 0 Å². The summed E-state index contributed by atoms with van der Waals surface area (Å²) in [7, 11) is 0. The van der Waals surface area contributed by atoms with Crippen LogP contribution in [0.25, 0.3) is 0 Å². The highest BCUT2D eigenvalue weighted by Crippen LogP contribution is 2.20. The first kappa shape index (κ1) is 15.4. The van der Waals surface area contributed by atoms with Crippen molar-refractivity contribution in [3.8, 4) is 0 Å². The zero-order valence-corrected chi connectivity index (χ0v) is 10.5. The maximum absolute atomic E-state index is 3.46. The van der Waals surface area contributed by atoms with E-state index in [1.54, 1.807) is 0 Å². The van der Waals surface area contributed by atoms with Crippen LogP contribution in [-0.2, 0) is 0 Å². The molecule has 0 unspecified atom stereocenters. The molecule has 0 rings (SSSR count). The summed E-state index contributed by atoms with van der Waals surface area (Å²) in [5.74, 6) is 0. The van der Waals surface area contributed by atoms with E-state index in [1.807, 2.05) is 13.8 Å². The molecule has 13 heavy (non-hydrogen) atoms. The molecule has 0 saturated carbocycles. The van der Waals surface area contributed by atoms with Crippen LogP contribution < -0.4 is 5.32 Å². The van der Waals surface area contributed by atoms with Crippen LogP contribution in [-0.4, -0.2) is 13.1 Å². The zero-order chi connectivity index (χ0) is 10.7. The van der Waals surface area contributed by atoms with Gasteiger partial charge in [0.15, 0.2) is 0 Å². The van der Waals surface area contributed by atoms with Crippen molar-refractivity contribution in [2.75, 3.05) is 13.1 Å². The van der Waals surface area contributed by atoms with Crippen LogP contribution in [0.4, 0.5) is 0 Å². The van der Waals surface area contributed by atoms with Gasteiger partial charge in [-0.15, -0.1) is 0 Å². The molecule has 0 fully saturated rings. The van der Waals surface area contributed by atoms with Gasteiger partial charge in [0.1, 0.15) is 0 Å². The van der Waals surface area contributed by atoms with Gasteiger partial charge >= 0.3 is 0 Å². The summed E-state index contributed by atoms with van der Waals surface area (Å²) in [6.45, 7) is 15.4. The van der Waals surface area contributed by atoms with Crippen LogP contribution in [0.3, 0.4) is 0 Å². The lowest BCUT2D eigenvalue weighted by molar-refractivity contribution is 0.312. The minimum Gasteiger partial charge on any atom is -0.316 e. The van der Waals surface area contributed by atoms with Crippen molar-refractivity contribution >= 4 is 0 Å². The first-order valence-corrected chi connectivity index (χ1v) is 5.83. The lowest BCUT2D eigenvalue weighted by atomic mass is 9.88. The van der Waals surface area contributed by atoms with E-state index in [4.69, 9.17) is 0 Å². The molecule has 1 heteroatoms. The second kappa shape index (κ2) is 10.0. The van der Waals surface area contributed by atoms with E-state index in [9.17, 15) is 0 Å². The van der Waals surface area contributed by atoms with Crippen LogP contribution in [0.5, 0.6) is 0 Å². The molecule has 0 atom stereocenters. The lowest BCUT2D eigenvalue weighted by Gasteiger charge is -2.24. The second-order valence-corrected chi connectivity index (χ2v) is 4.09. The van der Waals surface area contributed by atoms with Crippen LogP contribution in [0, 0.1) is 5.41 Å².